The van der Waals surface area contributed by atoms with Crippen LogP contribution in [-0.4, -0.2) is 72.9 Å². The van der Waals surface area contributed by atoms with E-state index >= 15 is 4.39 Å². The first-order valence-corrected chi connectivity index (χ1v) is 15.0. The maximum Gasteiger partial charge on any atom is 0.255 e. The number of pyridine rings is 2. The number of hydrogen-bond acceptors (Lipinski definition) is 6. The largest absolute Gasteiger partial charge is 0.391 e. The number of hydrogen-bond donors (Lipinski definition) is 2. The summed E-state index contributed by atoms with van der Waals surface area (Å²) in [7, 11) is 0. The summed E-state index contributed by atoms with van der Waals surface area (Å²) in [5.41, 5.74) is 10.3. The van der Waals surface area contributed by atoms with E-state index in [0.717, 1.165) is 66.9 Å². The smallest absolute Gasteiger partial charge is 0.255 e. The van der Waals surface area contributed by atoms with Crippen molar-refractivity contribution in [2.24, 2.45) is 17.6 Å². The van der Waals surface area contributed by atoms with Crippen molar-refractivity contribution < 1.29 is 14.3 Å². The zero-order chi connectivity index (χ0) is 28.0. The average Bonchev–Trinajstić information content (AvgIpc) is 3.36. The second-order valence-corrected chi connectivity index (χ2v) is 12.7. The number of halogens is 1. The number of carbonyl (C=O) groups excluding carboxylic acids is 1. The van der Waals surface area contributed by atoms with E-state index in [4.69, 9.17) is 15.8 Å². The number of aromatic nitrogens is 4. The van der Waals surface area contributed by atoms with Gasteiger partial charge < -0.3 is 25.2 Å². The van der Waals surface area contributed by atoms with Gasteiger partial charge in [-0.2, -0.15) is 5.10 Å². The summed E-state index contributed by atoms with van der Waals surface area (Å²) < 4.78 is 19.4. The van der Waals surface area contributed by atoms with E-state index in [0.29, 0.717) is 41.7 Å². The second-order valence-electron chi connectivity index (χ2n) is 12.7. The summed E-state index contributed by atoms with van der Waals surface area (Å²) in [6, 6.07) is 7.60. The number of β-amino-alcohol motifs (C(OH)–C–C–N with tert-alkyl or cyclic N) is 1. The third kappa shape index (κ3) is 4.06. The molecular weight excluding hydrogens is 521 g/mol. The summed E-state index contributed by atoms with van der Waals surface area (Å²) >= 11 is 0. The molecule has 4 atom stereocenters. The number of fused-ring (bicyclic) bond motifs is 4. The molecule has 9 nitrogen and oxygen atoms in total. The van der Waals surface area contributed by atoms with E-state index in [1.807, 2.05) is 17.9 Å². The van der Waals surface area contributed by atoms with Crippen LogP contribution >= 0.6 is 0 Å². The number of nitrogens with zero attached hydrogens (tertiary/aromatic N) is 6. The van der Waals surface area contributed by atoms with E-state index < -0.39 is 5.82 Å². The van der Waals surface area contributed by atoms with Crippen molar-refractivity contribution in [2.75, 3.05) is 24.5 Å². The van der Waals surface area contributed by atoms with Gasteiger partial charge in [-0.05, 0) is 81.5 Å². The molecule has 10 heteroatoms. The summed E-state index contributed by atoms with van der Waals surface area (Å²) in [6.45, 7) is 4.83. The van der Waals surface area contributed by atoms with Gasteiger partial charge in [-0.1, -0.05) is 0 Å². The number of piperidine rings is 2. The predicted molar refractivity (Wildman–Crippen MR) is 154 cm³/mol. The molecular formula is C31H36FN7O2. The maximum atomic E-state index is 15.7. The van der Waals surface area contributed by atoms with Crippen molar-refractivity contribution >= 4 is 28.3 Å². The summed E-state index contributed by atoms with van der Waals surface area (Å²) in [6.07, 6.45) is 7.43. The van der Waals surface area contributed by atoms with E-state index in [2.05, 4.69) is 21.6 Å². The topological polar surface area (TPSA) is 105 Å². The Morgan fingerprint density at radius 1 is 1.15 bits per heavy atom. The molecule has 0 aromatic carbocycles. The fourth-order valence-electron chi connectivity index (χ4n) is 7.48. The third-order valence-corrected chi connectivity index (χ3v) is 9.91. The number of nitrogens with two attached hydrogens (primary N) is 1. The van der Waals surface area contributed by atoms with E-state index in [9.17, 15) is 9.90 Å². The van der Waals surface area contributed by atoms with E-state index in [1.165, 1.54) is 23.4 Å². The van der Waals surface area contributed by atoms with Crippen molar-refractivity contribution in [1.82, 2.24) is 24.1 Å². The molecule has 6 heterocycles. The normalized spacial score (nSPS) is 26.1. The molecule has 4 aromatic heterocycles. The molecule has 41 heavy (non-hydrogen) atoms. The highest BCUT2D eigenvalue weighted by molar-refractivity contribution is 5.95. The second kappa shape index (κ2) is 9.25. The lowest BCUT2D eigenvalue weighted by Crippen LogP contribution is -2.41. The molecule has 8 rings (SSSR count). The number of aliphatic hydroxyl groups excluding tert-OH is 1. The van der Waals surface area contributed by atoms with Gasteiger partial charge in [0.2, 0.25) is 0 Å². The molecule has 4 fully saturated rings. The Bertz CT molecular complexity index is 1690. The Balaban J connectivity index is 1.20. The SMILES string of the molecule is Cc1c(-c2cc3ccc(N4CCC[C@@H](O)C4)nc3n2CC2CC2)nn2cc(C(=O)N3CC4CCC3[C@@H]4N)cc(F)c12. The third-order valence-electron chi connectivity index (χ3n) is 9.91. The maximum absolute atomic E-state index is 15.7. The molecule has 214 valence electrons. The van der Waals surface area contributed by atoms with Crippen LogP contribution in [0.3, 0.4) is 0 Å². The summed E-state index contributed by atoms with van der Waals surface area (Å²) in [5.74, 6) is 1.17. The number of anilines is 1. The van der Waals surface area contributed by atoms with Crippen LogP contribution in [0.1, 0.15) is 54.4 Å². The molecule has 0 radical (unpaired) electrons. The van der Waals surface area contributed by atoms with Gasteiger partial charge in [0.25, 0.3) is 5.91 Å². The van der Waals surface area contributed by atoms with Gasteiger partial charge in [0.15, 0.2) is 0 Å². The highest BCUT2D eigenvalue weighted by Gasteiger charge is 2.47. The molecule has 3 N–H and O–H groups in total. The number of carbonyl (C=O) groups is 1. The molecule has 2 unspecified atom stereocenters. The van der Waals surface area contributed by atoms with Gasteiger partial charge in [-0.3, -0.25) is 4.79 Å². The lowest BCUT2D eigenvalue weighted by molar-refractivity contribution is 0.0699. The molecule has 2 bridgehead atoms. The number of aliphatic hydroxyl groups is 1. The van der Waals surface area contributed by atoms with E-state index in [1.54, 1.807) is 6.20 Å². The molecule has 2 saturated carbocycles. The minimum absolute atomic E-state index is 0.00794. The van der Waals surface area contributed by atoms with Gasteiger partial charge in [0.05, 0.1) is 17.4 Å². The number of rotatable bonds is 5. The zero-order valence-corrected chi connectivity index (χ0v) is 23.3. The minimum atomic E-state index is -0.449. The number of amides is 1. The van der Waals surface area contributed by atoms with Crippen LogP contribution in [0.15, 0.2) is 30.5 Å². The van der Waals surface area contributed by atoms with Crippen molar-refractivity contribution in [3.63, 3.8) is 0 Å². The Hall–Kier alpha value is -3.50. The molecule has 2 aliphatic heterocycles. The lowest BCUT2D eigenvalue weighted by Gasteiger charge is -2.31. The molecule has 4 aliphatic rings. The standard InChI is InChI=1S/C31H36FN7O2/c1-17-28(35-39-15-21(11-23(32)29(17)39)31(41)38-14-20-6-8-24(38)27(20)33)25-12-19-7-9-26(36-10-2-3-22(40)16-36)34-30(19)37(25)13-18-4-5-18/h7,9,11-12,15,18,20,22,24,27,40H,2-6,8,10,13-14,16,33H2,1H3/t20?,22-,24?,27-/m1/s1. The van der Waals surface area contributed by atoms with Crippen LogP contribution in [0.5, 0.6) is 0 Å². The Morgan fingerprint density at radius 2 is 2.00 bits per heavy atom. The molecule has 2 aliphatic carbocycles. The minimum Gasteiger partial charge on any atom is -0.391 e. The quantitative estimate of drug-likeness (QED) is 0.388. The highest BCUT2D eigenvalue weighted by atomic mass is 19.1. The first-order valence-electron chi connectivity index (χ1n) is 15.0. The van der Waals surface area contributed by atoms with Gasteiger partial charge >= 0.3 is 0 Å². The lowest BCUT2D eigenvalue weighted by atomic mass is 10.1. The molecule has 1 amide bonds. The highest BCUT2D eigenvalue weighted by Crippen LogP contribution is 2.39. The zero-order valence-electron chi connectivity index (χ0n) is 23.3. The van der Waals surface area contributed by atoms with Gasteiger partial charge in [-0.15, -0.1) is 0 Å². The molecule has 0 spiro atoms. The van der Waals surface area contributed by atoms with Gasteiger partial charge in [0.1, 0.15) is 28.5 Å². The van der Waals surface area contributed by atoms with Crippen LogP contribution in [0.4, 0.5) is 10.2 Å². The van der Waals surface area contributed by atoms with Gasteiger partial charge in [0, 0.05) is 55.4 Å². The Morgan fingerprint density at radius 3 is 2.73 bits per heavy atom. The predicted octanol–water partition coefficient (Wildman–Crippen LogP) is 3.73. The Kier molecular flexibility index (Phi) is 5.69. The van der Waals surface area contributed by atoms with Crippen molar-refractivity contribution in [3.8, 4) is 11.4 Å². The van der Waals surface area contributed by atoms with Crippen LogP contribution in [0, 0.1) is 24.6 Å². The van der Waals surface area contributed by atoms with Crippen molar-refractivity contribution in [1.29, 1.82) is 0 Å². The van der Waals surface area contributed by atoms with Crippen LogP contribution < -0.4 is 10.6 Å². The van der Waals surface area contributed by atoms with Crippen LogP contribution in [0.25, 0.3) is 27.9 Å². The average molecular weight is 558 g/mol. The summed E-state index contributed by atoms with van der Waals surface area (Å²) in [5, 5.41) is 16.1. The van der Waals surface area contributed by atoms with Crippen molar-refractivity contribution in [3.05, 3.63) is 47.4 Å². The Labute approximate surface area is 237 Å². The van der Waals surface area contributed by atoms with E-state index in [-0.39, 0.29) is 24.1 Å². The molecule has 2 saturated heterocycles. The monoisotopic (exact) mass is 557 g/mol. The summed E-state index contributed by atoms with van der Waals surface area (Å²) in [4.78, 5) is 22.5. The van der Waals surface area contributed by atoms with Gasteiger partial charge in [-0.25, -0.2) is 13.9 Å². The number of aryl methyl sites for hydroxylation is 1. The first kappa shape index (κ1) is 25.2. The first-order chi connectivity index (χ1) is 19.9. The van der Waals surface area contributed by atoms with Crippen LogP contribution in [-0.2, 0) is 6.54 Å². The number of likely N-dealkylation sites (tertiary alicyclic amines) is 1. The molecule has 4 aromatic rings. The van der Waals surface area contributed by atoms with Crippen molar-refractivity contribution in [2.45, 2.75) is 70.2 Å². The van der Waals surface area contributed by atoms with Crippen LogP contribution in [0.2, 0.25) is 0 Å². The fourth-order valence-corrected chi connectivity index (χ4v) is 7.48. The fraction of sp³-hybridized carbons (Fsp3) is 0.516.